The minimum atomic E-state index is -0.105. The van der Waals surface area contributed by atoms with Crippen LogP contribution in [-0.2, 0) is 0 Å². The smallest absolute Gasteiger partial charge is 0.128 e. The Hall–Kier alpha value is -0.380. The van der Waals surface area contributed by atoms with E-state index in [0.29, 0.717) is 6.04 Å². The number of para-hydroxylation sites is 1. The monoisotopic (exact) mass is 328 g/mol. The lowest BCUT2D eigenvalue weighted by molar-refractivity contribution is 0.511. The van der Waals surface area contributed by atoms with Gasteiger partial charge in [-0.25, -0.2) is 4.98 Å². The van der Waals surface area contributed by atoms with E-state index in [0.717, 1.165) is 27.1 Å². The summed E-state index contributed by atoms with van der Waals surface area (Å²) in [5, 5.41) is 1.40. The molecule has 1 aliphatic carbocycles. The quantitative estimate of drug-likeness (QED) is 0.697. The van der Waals surface area contributed by atoms with Gasteiger partial charge in [-0.2, -0.15) is 11.8 Å². The van der Waals surface area contributed by atoms with Crippen LogP contribution in [0.4, 0.5) is 0 Å². The van der Waals surface area contributed by atoms with Gasteiger partial charge in [0.15, 0.2) is 0 Å². The summed E-state index contributed by atoms with van der Waals surface area (Å²) in [7, 11) is 0. The number of rotatable bonds is 3. The Labute approximate surface area is 133 Å². The van der Waals surface area contributed by atoms with Crippen molar-refractivity contribution in [3.8, 4) is 0 Å². The number of fused-ring (bicyclic) bond motifs is 1. The molecule has 5 heteroatoms. The molecule has 2 nitrogen and oxygen atoms in total. The first-order valence-corrected chi connectivity index (χ1v) is 9.05. The number of benzene rings is 1. The van der Waals surface area contributed by atoms with Crippen LogP contribution in [0.5, 0.6) is 0 Å². The molecule has 2 aromatic rings. The van der Waals surface area contributed by atoms with Crippen molar-refractivity contribution in [3.63, 3.8) is 0 Å². The van der Waals surface area contributed by atoms with Crippen LogP contribution in [0.25, 0.3) is 11.0 Å². The number of halogens is 2. The Kier molecular flexibility index (Phi) is 4.21. The predicted octanol–water partition coefficient (Wildman–Crippen LogP) is 5.45. The minimum Gasteiger partial charge on any atom is -0.322 e. The second-order valence-corrected chi connectivity index (χ2v) is 7.59. The Morgan fingerprint density at radius 2 is 2.20 bits per heavy atom. The topological polar surface area (TPSA) is 17.8 Å². The molecule has 1 saturated carbocycles. The molecule has 1 aromatic heterocycles. The van der Waals surface area contributed by atoms with Crippen molar-refractivity contribution in [3.05, 3.63) is 29.0 Å². The van der Waals surface area contributed by atoms with Gasteiger partial charge >= 0.3 is 0 Å². The average Bonchev–Trinajstić information content (AvgIpc) is 3.02. The fourth-order valence-electron chi connectivity index (χ4n) is 3.14. The summed E-state index contributed by atoms with van der Waals surface area (Å²) in [4.78, 5) is 4.71. The lowest BCUT2D eigenvalue weighted by atomic mass is 10.2. The highest BCUT2D eigenvalue weighted by atomic mass is 35.5. The van der Waals surface area contributed by atoms with Gasteiger partial charge in [0.25, 0.3) is 0 Å². The van der Waals surface area contributed by atoms with Crippen LogP contribution in [0.3, 0.4) is 0 Å². The number of aromatic nitrogens is 2. The van der Waals surface area contributed by atoms with E-state index in [9.17, 15) is 0 Å². The second-order valence-electron chi connectivity index (χ2n) is 5.39. The zero-order valence-corrected chi connectivity index (χ0v) is 14.0. The van der Waals surface area contributed by atoms with E-state index in [1.165, 1.54) is 19.3 Å². The highest BCUT2D eigenvalue weighted by Crippen LogP contribution is 2.41. The van der Waals surface area contributed by atoms with Crippen LogP contribution in [0.2, 0.25) is 5.02 Å². The summed E-state index contributed by atoms with van der Waals surface area (Å²) in [5.74, 6) is 0.946. The van der Waals surface area contributed by atoms with Gasteiger partial charge in [0.05, 0.1) is 21.4 Å². The first-order chi connectivity index (χ1) is 9.61. The molecule has 1 aliphatic rings. The maximum Gasteiger partial charge on any atom is 0.128 e. The second kappa shape index (κ2) is 5.78. The molecular formula is C15H18Cl2N2S. The van der Waals surface area contributed by atoms with Crippen molar-refractivity contribution in [1.29, 1.82) is 0 Å². The van der Waals surface area contributed by atoms with Gasteiger partial charge in [0.1, 0.15) is 5.82 Å². The van der Waals surface area contributed by atoms with E-state index < -0.39 is 0 Å². The maximum atomic E-state index is 6.42. The van der Waals surface area contributed by atoms with Gasteiger partial charge in [0, 0.05) is 11.3 Å². The highest BCUT2D eigenvalue weighted by molar-refractivity contribution is 7.99. The van der Waals surface area contributed by atoms with Crippen molar-refractivity contribution in [2.24, 2.45) is 0 Å². The van der Waals surface area contributed by atoms with E-state index in [2.05, 4.69) is 10.8 Å². The van der Waals surface area contributed by atoms with Gasteiger partial charge in [-0.15, -0.1) is 11.6 Å². The molecule has 20 heavy (non-hydrogen) atoms. The number of imidazole rings is 1. The lowest BCUT2D eigenvalue weighted by Gasteiger charge is -2.18. The van der Waals surface area contributed by atoms with Crippen LogP contribution in [0, 0.1) is 0 Å². The molecule has 0 N–H and O–H groups in total. The fraction of sp³-hybridized carbons (Fsp3) is 0.533. The van der Waals surface area contributed by atoms with Crippen molar-refractivity contribution < 1.29 is 0 Å². The third-order valence-electron chi connectivity index (χ3n) is 4.10. The average molecular weight is 329 g/mol. The van der Waals surface area contributed by atoms with Gasteiger partial charge in [-0.1, -0.05) is 17.7 Å². The number of hydrogen-bond donors (Lipinski definition) is 0. The van der Waals surface area contributed by atoms with Crippen molar-refractivity contribution in [2.45, 2.75) is 42.9 Å². The summed E-state index contributed by atoms with van der Waals surface area (Å²) in [5.41, 5.74) is 2.00. The van der Waals surface area contributed by atoms with Crippen LogP contribution >= 0.6 is 35.0 Å². The van der Waals surface area contributed by atoms with E-state index in [1.54, 1.807) is 0 Å². The maximum absolute atomic E-state index is 6.42. The molecule has 3 rings (SSSR count). The van der Waals surface area contributed by atoms with Crippen molar-refractivity contribution in [2.75, 3.05) is 6.26 Å². The molecule has 0 spiro atoms. The molecule has 1 aromatic carbocycles. The third kappa shape index (κ3) is 2.44. The van der Waals surface area contributed by atoms with E-state index >= 15 is 0 Å². The zero-order chi connectivity index (χ0) is 14.3. The molecule has 0 bridgehead atoms. The standard InChI is InChI=1S/C15H18Cl2N2S/c1-9(16)15-18-13-5-3-4-12(17)14(13)19(15)10-6-7-11(8-10)20-2/h3-5,9-11H,6-8H2,1-2H3. The molecule has 3 atom stereocenters. The molecule has 1 heterocycles. The van der Waals surface area contributed by atoms with Crippen molar-refractivity contribution in [1.82, 2.24) is 9.55 Å². The predicted molar refractivity (Wildman–Crippen MR) is 89.2 cm³/mol. The summed E-state index contributed by atoms with van der Waals surface area (Å²) in [6.07, 6.45) is 5.80. The number of thioether (sulfide) groups is 1. The number of nitrogens with zero attached hydrogens (tertiary/aromatic N) is 2. The van der Waals surface area contributed by atoms with Crippen LogP contribution in [0.1, 0.15) is 43.4 Å². The summed E-state index contributed by atoms with van der Waals surface area (Å²) < 4.78 is 2.30. The number of hydrogen-bond acceptors (Lipinski definition) is 2. The largest absolute Gasteiger partial charge is 0.322 e. The molecule has 0 aliphatic heterocycles. The molecule has 0 saturated heterocycles. The first-order valence-electron chi connectivity index (χ1n) is 6.95. The molecule has 1 fully saturated rings. The van der Waals surface area contributed by atoms with Crippen LogP contribution in [0.15, 0.2) is 18.2 Å². The SMILES string of the molecule is CSC1CCC(n2c(C(C)Cl)nc3cccc(Cl)c32)C1. The molecule has 0 radical (unpaired) electrons. The summed E-state index contributed by atoms with van der Waals surface area (Å²) in [6, 6.07) is 6.37. The van der Waals surface area contributed by atoms with E-state index in [1.807, 2.05) is 36.9 Å². The lowest BCUT2D eigenvalue weighted by Crippen LogP contribution is -2.11. The minimum absolute atomic E-state index is 0.105. The molecule has 0 amide bonds. The molecule has 3 unspecified atom stereocenters. The Bertz CT molecular complexity index is 624. The third-order valence-corrected chi connectivity index (χ3v) is 5.69. The Morgan fingerprint density at radius 1 is 1.40 bits per heavy atom. The van der Waals surface area contributed by atoms with Crippen LogP contribution in [-0.4, -0.2) is 21.1 Å². The summed E-state index contributed by atoms with van der Waals surface area (Å²) >= 11 is 14.7. The van der Waals surface area contributed by atoms with Crippen molar-refractivity contribution >= 4 is 46.0 Å². The van der Waals surface area contributed by atoms with Crippen LogP contribution < -0.4 is 0 Å². The van der Waals surface area contributed by atoms with Gasteiger partial charge in [-0.05, 0) is 44.6 Å². The normalized spacial score (nSPS) is 24.4. The zero-order valence-electron chi connectivity index (χ0n) is 11.6. The van der Waals surface area contributed by atoms with Gasteiger partial charge < -0.3 is 4.57 Å². The van der Waals surface area contributed by atoms with E-state index in [-0.39, 0.29) is 5.38 Å². The molecule has 108 valence electrons. The highest BCUT2D eigenvalue weighted by Gasteiger charge is 2.30. The Balaban J connectivity index is 2.14. The Morgan fingerprint density at radius 3 is 2.85 bits per heavy atom. The van der Waals surface area contributed by atoms with Gasteiger partial charge in [0.2, 0.25) is 0 Å². The van der Waals surface area contributed by atoms with E-state index in [4.69, 9.17) is 28.2 Å². The van der Waals surface area contributed by atoms with Gasteiger partial charge in [-0.3, -0.25) is 0 Å². The summed E-state index contributed by atoms with van der Waals surface area (Å²) in [6.45, 7) is 1.98. The fourth-order valence-corrected chi connectivity index (χ4v) is 4.34. The first kappa shape index (κ1) is 14.6. The molecular weight excluding hydrogens is 311 g/mol. The number of alkyl halides is 1.